The molecule has 0 aromatic heterocycles. The maximum atomic E-state index is 10.00. The first-order valence-corrected chi connectivity index (χ1v) is 2.87. The van der Waals surface area contributed by atoms with Crippen molar-refractivity contribution in [1.82, 2.24) is 5.43 Å². The van der Waals surface area contributed by atoms with Gasteiger partial charge in [-0.1, -0.05) is 0 Å². The fourth-order valence-corrected chi connectivity index (χ4v) is 0.452. The number of amides is 2. The summed E-state index contributed by atoms with van der Waals surface area (Å²) in [5, 5.41) is 3.58. The van der Waals surface area contributed by atoms with Crippen molar-refractivity contribution in [1.29, 1.82) is 0 Å². The smallest absolute Gasteiger partial charge is 0.332 e. The summed E-state index contributed by atoms with van der Waals surface area (Å²) < 4.78 is 0. The van der Waals surface area contributed by atoms with Gasteiger partial charge in [-0.3, -0.25) is 0 Å². The standard InChI is InChI=1S/C5H9N3O/c6-5(9)8-7-3-4-1-2-4/h3-4H,1-2H2,(H3,6,8,9)/b7-3+. The van der Waals surface area contributed by atoms with Crippen LogP contribution in [0.3, 0.4) is 0 Å². The van der Waals surface area contributed by atoms with Crippen molar-refractivity contribution in [2.45, 2.75) is 12.8 Å². The third kappa shape index (κ3) is 2.69. The molecule has 4 nitrogen and oxygen atoms in total. The Hall–Kier alpha value is -1.06. The minimum Gasteiger partial charge on any atom is -0.350 e. The second-order valence-electron chi connectivity index (χ2n) is 2.09. The van der Waals surface area contributed by atoms with Crippen LogP contribution in [-0.4, -0.2) is 12.2 Å². The molecule has 0 aromatic rings. The van der Waals surface area contributed by atoms with Gasteiger partial charge in [-0.25, -0.2) is 10.2 Å². The normalized spacial score (nSPS) is 18.2. The van der Waals surface area contributed by atoms with Crippen molar-refractivity contribution in [2.24, 2.45) is 16.8 Å². The van der Waals surface area contributed by atoms with Crippen molar-refractivity contribution in [3.8, 4) is 0 Å². The second kappa shape index (κ2) is 2.48. The molecule has 0 bridgehead atoms. The molecule has 0 spiro atoms. The summed E-state index contributed by atoms with van der Waals surface area (Å²) in [5.74, 6) is 0.580. The predicted molar refractivity (Wildman–Crippen MR) is 33.9 cm³/mol. The lowest BCUT2D eigenvalue weighted by Gasteiger charge is -1.87. The number of primary amides is 1. The summed E-state index contributed by atoms with van der Waals surface area (Å²) in [6.07, 6.45) is 4.08. The highest BCUT2D eigenvalue weighted by molar-refractivity contribution is 5.73. The SMILES string of the molecule is NC(=O)N/N=C/C1CC1. The molecular formula is C5H9N3O. The van der Waals surface area contributed by atoms with E-state index in [2.05, 4.69) is 10.5 Å². The van der Waals surface area contributed by atoms with Gasteiger partial charge in [0, 0.05) is 6.21 Å². The van der Waals surface area contributed by atoms with Crippen LogP contribution >= 0.6 is 0 Å². The number of carbonyl (C=O) groups excluding carboxylic acids is 1. The van der Waals surface area contributed by atoms with E-state index in [1.54, 1.807) is 6.21 Å². The Labute approximate surface area is 53.1 Å². The van der Waals surface area contributed by atoms with E-state index in [0.29, 0.717) is 5.92 Å². The highest BCUT2D eigenvalue weighted by Crippen LogP contribution is 2.25. The fraction of sp³-hybridized carbons (Fsp3) is 0.600. The first-order chi connectivity index (χ1) is 4.29. The van der Waals surface area contributed by atoms with Gasteiger partial charge in [0.25, 0.3) is 0 Å². The molecule has 9 heavy (non-hydrogen) atoms. The minimum absolute atomic E-state index is 0.580. The molecule has 0 aromatic carbocycles. The first-order valence-electron chi connectivity index (χ1n) is 2.87. The first kappa shape index (κ1) is 6.07. The Morgan fingerprint density at radius 3 is 2.89 bits per heavy atom. The summed E-state index contributed by atoms with van der Waals surface area (Å²) in [5.41, 5.74) is 6.86. The molecule has 0 heterocycles. The minimum atomic E-state index is -0.605. The largest absolute Gasteiger partial charge is 0.350 e. The fourth-order valence-electron chi connectivity index (χ4n) is 0.452. The number of carbonyl (C=O) groups is 1. The molecule has 0 saturated heterocycles. The molecule has 1 rings (SSSR count). The van der Waals surface area contributed by atoms with Crippen LogP contribution in [0.1, 0.15) is 12.8 Å². The highest BCUT2D eigenvalue weighted by atomic mass is 16.2. The van der Waals surface area contributed by atoms with Gasteiger partial charge in [-0.05, 0) is 18.8 Å². The molecule has 3 N–H and O–H groups in total. The third-order valence-corrected chi connectivity index (χ3v) is 1.08. The quantitative estimate of drug-likeness (QED) is 0.399. The molecule has 1 aliphatic rings. The monoisotopic (exact) mass is 127 g/mol. The summed E-state index contributed by atoms with van der Waals surface area (Å²) >= 11 is 0. The second-order valence-corrected chi connectivity index (χ2v) is 2.09. The van der Waals surface area contributed by atoms with Gasteiger partial charge in [0.05, 0.1) is 0 Å². The van der Waals surface area contributed by atoms with Crippen LogP contribution in [0.25, 0.3) is 0 Å². The van der Waals surface area contributed by atoms with Crippen LogP contribution in [0.5, 0.6) is 0 Å². The van der Waals surface area contributed by atoms with E-state index >= 15 is 0 Å². The Morgan fingerprint density at radius 2 is 2.44 bits per heavy atom. The van der Waals surface area contributed by atoms with E-state index < -0.39 is 6.03 Å². The van der Waals surface area contributed by atoms with Crippen molar-refractivity contribution in [2.75, 3.05) is 0 Å². The van der Waals surface area contributed by atoms with Crippen LogP contribution in [0.2, 0.25) is 0 Å². The summed E-state index contributed by atoms with van der Waals surface area (Å²) in [6, 6.07) is -0.605. The number of rotatable bonds is 2. The van der Waals surface area contributed by atoms with Crippen molar-refractivity contribution in [3.05, 3.63) is 0 Å². The van der Waals surface area contributed by atoms with Crippen molar-refractivity contribution >= 4 is 12.2 Å². The van der Waals surface area contributed by atoms with Gasteiger partial charge in [0.15, 0.2) is 0 Å². The predicted octanol–water partition coefficient (Wildman–Crippen LogP) is 0.0505. The molecule has 1 fully saturated rings. The molecule has 1 saturated carbocycles. The van der Waals surface area contributed by atoms with Gasteiger partial charge in [-0.2, -0.15) is 5.10 Å². The average molecular weight is 127 g/mol. The van der Waals surface area contributed by atoms with Gasteiger partial charge in [0.2, 0.25) is 0 Å². The van der Waals surface area contributed by atoms with Gasteiger partial charge < -0.3 is 5.73 Å². The van der Waals surface area contributed by atoms with Crippen molar-refractivity contribution < 1.29 is 4.79 Å². The van der Waals surface area contributed by atoms with Gasteiger partial charge >= 0.3 is 6.03 Å². The average Bonchev–Trinajstić information content (AvgIpc) is 2.48. The number of hydrogen-bond donors (Lipinski definition) is 2. The molecule has 50 valence electrons. The zero-order valence-electron chi connectivity index (χ0n) is 5.00. The number of hydrogen-bond acceptors (Lipinski definition) is 2. The lowest BCUT2D eigenvalue weighted by atomic mass is 10.5. The number of nitrogens with two attached hydrogens (primary N) is 1. The molecule has 0 radical (unpaired) electrons. The molecule has 2 amide bonds. The van der Waals surface area contributed by atoms with Crippen LogP contribution in [0, 0.1) is 5.92 Å². The molecule has 0 atom stereocenters. The van der Waals surface area contributed by atoms with Gasteiger partial charge in [-0.15, -0.1) is 0 Å². The van der Waals surface area contributed by atoms with Crippen LogP contribution in [-0.2, 0) is 0 Å². The zero-order valence-corrected chi connectivity index (χ0v) is 5.00. The Bertz CT molecular complexity index is 139. The maximum absolute atomic E-state index is 10.00. The van der Waals surface area contributed by atoms with Crippen LogP contribution < -0.4 is 11.2 Å². The van der Waals surface area contributed by atoms with Crippen LogP contribution in [0.4, 0.5) is 4.79 Å². The molecule has 4 heteroatoms. The molecule has 0 aliphatic heterocycles. The number of nitrogens with zero attached hydrogens (tertiary/aromatic N) is 1. The Balaban J connectivity index is 2.08. The number of hydrazone groups is 1. The molecular weight excluding hydrogens is 118 g/mol. The summed E-state index contributed by atoms with van der Waals surface area (Å²) in [6.45, 7) is 0. The number of urea groups is 1. The molecule has 0 unspecified atom stereocenters. The zero-order chi connectivity index (χ0) is 6.69. The van der Waals surface area contributed by atoms with E-state index in [9.17, 15) is 4.79 Å². The Kier molecular flexibility index (Phi) is 1.67. The Morgan fingerprint density at radius 1 is 1.78 bits per heavy atom. The lowest BCUT2D eigenvalue weighted by Crippen LogP contribution is -2.24. The van der Waals surface area contributed by atoms with Crippen molar-refractivity contribution in [3.63, 3.8) is 0 Å². The third-order valence-electron chi connectivity index (χ3n) is 1.08. The van der Waals surface area contributed by atoms with E-state index in [4.69, 9.17) is 5.73 Å². The van der Waals surface area contributed by atoms with E-state index in [1.165, 1.54) is 12.8 Å². The highest BCUT2D eigenvalue weighted by Gasteiger charge is 2.18. The van der Waals surface area contributed by atoms with Gasteiger partial charge in [0.1, 0.15) is 0 Å². The van der Waals surface area contributed by atoms with Crippen LogP contribution in [0.15, 0.2) is 5.10 Å². The number of nitrogens with one attached hydrogen (secondary N) is 1. The lowest BCUT2D eigenvalue weighted by molar-refractivity contribution is 0.249. The van der Waals surface area contributed by atoms with E-state index in [-0.39, 0.29) is 0 Å². The van der Waals surface area contributed by atoms with E-state index in [0.717, 1.165) is 0 Å². The summed E-state index contributed by atoms with van der Waals surface area (Å²) in [7, 11) is 0. The topological polar surface area (TPSA) is 67.5 Å². The maximum Gasteiger partial charge on any atom is 0.332 e. The van der Waals surface area contributed by atoms with E-state index in [1.807, 2.05) is 0 Å². The summed E-state index contributed by atoms with van der Waals surface area (Å²) in [4.78, 5) is 10.00. The molecule has 1 aliphatic carbocycles.